The number of thioether (sulfide) groups is 1. The number of ketones is 1. The Morgan fingerprint density at radius 2 is 1.80 bits per heavy atom. The van der Waals surface area contributed by atoms with Crippen LogP contribution in [0, 0.1) is 0 Å². The number of nitrogen functional groups attached to an aromatic ring is 1. The molecule has 0 saturated heterocycles. The molecular weight excluding hydrogens is 410 g/mol. The molecule has 0 saturated carbocycles. The van der Waals surface area contributed by atoms with Gasteiger partial charge in [-0.15, -0.1) is 0 Å². The third-order valence-electron chi connectivity index (χ3n) is 4.46. The predicted molar refractivity (Wildman–Crippen MR) is 111 cm³/mol. The van der Waals surface area contributed by atoms with Crippen LogP contribution in [0.25, 0.3) is 5.69 Å². The molecule has 30 heavy (non-hydrogen) atoms. The number of nitrogens with two attached hydrogens (primary N) is 1. The van der Waals surface area contributed by atoms with Gasteiger partial charge in [0.2, 0.25) is 5.78 Å². The number of ether oxygens (including phenoxy) is 1. The van der Waals surface area contributed by atoms with Crippen molar-refractivity contribution in [3.8, 4) is 5.69 Å². The number of imidazole rings is 1. The predicted octanol–water partition coefficient (Wildman–Crippen LogP) is 0.614. The summed E-state index contributed by atoms with van der Waals surface area (Å²) in [7, 11) is 2.57. The largest absolute Gasteiger partial charge is 0.453 e. The van der Waals surface area contributed by atoms with Gasteiger partial charge in [0.25, 0.3) is 5.56 Å². The molecular formula is C19H19N5O5S. The molecule has 0 fully saturated rings. The third-order valence-corrected chi connectivity index (χ3v) is 5.11. The van der Waals surface area contributed by atoms with Gasteiger partial charge >= 0.3 is 11.7 Å². The van der Waals surface area contributed by atoms with Crippen molar-refractivity contribution in [1.82, 2.24) is 18.7 Å². The van der Waals surface area contributed by atoms with E-state index in [1.165, 1.54) is 32.1 Å². The topological polar surface area (TPSA) is 131 Å². The highest BCUT2D eigenvalue weighted by Gasteiger charge is 2.24. The summed E-state index contributed by atoms with van der Waals surface area (Å²) in [5, 5.41) is 0.565. The lowest BCUT2D eigenvalue weighted by Gasteiger charge is -2.12. The molecule has 0 radical (unpaired) electrons. The maximum Gasteiger partial charge on any atom is 0.357 e. The molecule has 2 N–H and O–H groups in total. The number of nitrogens with zero attached hydrogens (tertiary/aromatic N) is 4. The van der Waals surface area contributed by atoms with E-state index in [0.717, 1.165) is 9.13 Å². The molecule has 0 aliphatic heterocycles. The molecule has 0 atom stereocenters. The Kier molecular flexibility index (Phi) is 5.92. The smallest absolute Gasteiger partial charge is 0.357 e. The first-order valence-electron chi connectivity index (χ1n) is 8.70. The number of carbonyl (C=O) groups is 2. The van der Waals surface area contributed by atoms with E-state index in [4.69, 9.17) is 10.5 Å². The first-order valence-corrected chi connectivity index (χ1v) is 9.93. The number of hydrogen-bond acceptors (Lipinski definition) is 8. The maximum absolute atomic E-state index is 12.6. The Morgan fingerprint density at radius 3 is 2.43 bits per heavy atom. The summed E-state index contributed by atoms with van der Waals surface area (Å²) in [5.41, 5.74) is 4.67. The number of rotatable bonds is 6. The zero-order valence-electron chi connectivity index (χ0n) is 16.5. The van der Waals surface area contributed by atoms with Gasteiger partial charge in [-0.05, 0) is 18.4 Å². The lowest BCUT2D eigenvalue weighted by molar-refractivity contribution is 0.0465. The molecule has 0 amide bonds. The molecule has 0 bridgehead atoms. The fourth-order valence-corrected chi connectivity index (χ4v) is 3.39. The van der Waals surface area contributed by atoms with Gasteiger partial charge in [-0.25, -0.2) is 14.6 Å². The molecule has 2 heterocycles. The summed E-state index contributed by atoms with van der Waals surface area (Å²) in [6.45, 7) is -0.717. The summed E-state index contributed by atoms with van der Waals surface area (Å²) in [5.74, 6) is -1.89. The van der Waals surface area contributed by atoms with Crippen molar-refractivity contribution in [3.63, 3.8) is 0 Å². The normalized spacial score (nSPS) is 10.8. The SMILES string of the molecule is CSc1ncc(C(=O)OCC(=O)c2c(N)n(C)c(=O)n(C)c2=O)n1-c1ccccc1. The molecule has 0 aliphatic rings. The van der Waals surface area contributed by atoms with Gasteiger partial charge < -0.3 is 10.5 Å². The summed E-state index contributed by atoms with van der Waals surface area (Å²) in [6, 6.07) is 9.08. The lowest BCUT2D eigenvalue weighted by Crippen LogP contribution is -2.42. The Labute approximate surface area is 174 Å². The summed E-state index contributed by atoms with van der Waals surface area (Å²) >= 11 is 1.34. The molecule has 1 aromatic carbocycles. The summed E-state index contributed by atoms with van der Waals surface area (Å²) in [6.07, 6.45) is 3.17. The van der Waals surface area contributed by atoms with Gasteiger partial charge in [0, 0.05) is 19.8 Å². The van der Waals surface area contributed by atoms with Gasteiger partial charge in [-0.2, -0.15) is 0 Å². The van der Waals surface area contributed by atoms with Crippen LogP contribution >= 0.6 is 11.8 Å². The van der Waals surface area contributed by atoms with E-state index in [0.29, 0.717) is 10.8 Å². The van der Waals surface area contributed by atoms with E-state index < -0.39 is 35.2 Å². The second-order valence-electron chi connectivity index (χ2n) is 6.27. The van der Waals surface area contributed by atoms with E-state index in [2.05, 4.69) is 4.98 Å². The highest BCUT2D eigenvalue weighted by molar-refractivity contribution is 7.98. The van der Waals surface area contributed by atoms with Crippen molar-refractivity contribution in [2.75, 3.05) is 18.6 Å². The van der Waals surface area contributed by atoms with E-state index in [-0.39, 0.29) is 11.5 Å². The minimum Gasteiger partial charge on any atom is -0.453 e. The lowest BCUT2D eigenvalue weighted by atomic mass is 10.2. The number of aromatic nitrogens is 4. The minimum atomic E-state index is -0.851. The molecule has 0 aliphatic carbocycles. The molecule has 156 valence electrons. The number of para-hydroxylation sites is 1. The summed E-state index contributed by atoms with van der Waals surface area (Å²) < 4.78 is 8.49. The second-order valence-corrected chi connectivity index (χ2v) is 7.04. The zero-order valence-corrected chi connectivity index (χ0v) is 17.3. The van der Waals surface area contributed by atoms with Gasteiger partial charge in [0.1, 0.15) is 11.4 Å². The fourth-order valence-electron chi connectivity index (χ4n) is 2.85. The van der Waals surface area contributed by atoms with Crippen LogP contribution in [-0.4, -0.2) is 43.3 Å². The van der Waals surface area contributed by atoms with Crippen LogP contribution in [-0.2, 0) is 18.8 Å². The Bertz CT molecular complexity index is 1240. The first-order chi connectivity index (χ1) is 14.3. The average Bonchev–Trinajstić information content (AvgIpc) is 3.19. The van der Waals surface area contributed by atoms with Crippen LogP contribution in [0.15, 0.2) is 51.3 Å². The number of benzene rings is 1. The fraction of sp³-hybridized carbons (Fsp3) is 0.211. The number of hydrogen-bond donors (Lipinski definition) is 1. The molecule has 10 nitrogen and oxygen atoms in total. The molecule has 3 rings (SSSR count). The van der Waals surface area contributed by atoms with Gasteiger partial charge in [-0.3, -0.25) is 23.3 Å². The van der Waals surface area contributed by atoms with Crippen molar-refractivity contribution in [2.45, 2.75) is 5.16 Å². The van der Waals surface area contributed by atoms with Crippen molar-refractivity contribution in [1.29, 1.82) is 0 Å². The molecule has 0 unspecified atom stereocenters. The Hall–Kier alpha value is -3.60. The molecule has 2 aromatic heterocycles. The maximum atomic E-state index is 12.6. The van der Waals surface area contributed by atoms with E-state index in [1.807, 2.05) is 24.5 Å². The van der Waals surface area contributed by atoms with Crippen molar-refractivity contribution >= 4 is 29.3 Å². The van der Waals surface area contributed by atoms with E-state index in [1.54, 1.807) is 16.7 Å². The minimum absolute atomic E-state index is 0.125. The van der Waals surface area contributed by atoms with Crippen LogP contribution in [0.1, 0.15) is 20.8 Å². The zero-order chi connectivity index (χ0) is 22.0. The number of anilines is 1. The highest BCUT2D eigenvalue weighted by Crippen LogP contribution is 2.22. The standard InChI is InChI=1S/C19H19N5O5S/c1-22-15(20)14(16(26)23(2)19(22)28)13(25)10-29-17(27)12-9-21-18(30-3)24(12)11-7-5-4-6-8-11/h4-9H,10,20H2,1-3H3. The van der Waals surface area contributed by atoms with E-state index >= 15 is 0 Å². The number of carbonyl (C=O) groups excluding carboxylic acids is 2. The molecule has 11 heteroatoms. The van der Waals surface area contributed by atoms with Crippen LogP contribution in [0.5, 0.6) is 0 Å². The van der Waals surface area contributed by atoms with Crippen molar-refractivity contribution in [2.24, 2.45) is 14.1 Å². The second kappa shape index (κ2) is 8.41. The van der Waals surface area contributed by atoms with Crippen LogP contribution in [0.2, 0.25) is 0 Å². The quantitative estimate of drug-likeness (QED) is 0.343. The van der Waals surface area contributed by atoms with Crippen molar-refractivity contribution < 1.29 is 14.3 Å². The van der Waals surface area contributed by atoms with Crippen LogP contribution in [0.3, 0.4) is 0 Å². The van der Waals surface area contributed by atoms with Crippen LogP contribution < -0.4 is 17.0 Å². The average molecular weight is 429 g/mol. The Morgan fingerprint density at radius 1 is 1.13 bits per heavy atom. The first kappa shape index (κ1) is 21.1. The number of esters is 1. The summed E-state index contributed by atoms with van der Waals surface area (Å²) in [4.78, 5) is 53.6. The molecule has 0 spiro atoms. The van der Waals surface area contributed by atoms with E-state index in [9.17, 15) is 19.2 Å². The highest BCUT2D eigenvalue weighted by atomic mass is 32.2. The monoisotopic (exact) mass is 429 g/mol. The van der Waals surface area contributed by atoms with Gasteiger partial charge in [0.05, 0.1) is 6.20 Å². The third kappa shape index (κ3) is 3.66. The van der Waals surface area contributed by atoms with Gasteiger partial charge in [-0.1, -0.05) is 30.0 Å². The van der Waals surface area contributed by atoms with Crippen LogP contribution in [0.4, 0.5) is 5.82 Å². The molecule has 3 aromatic rings. The number of Topliss-reactive ketones (excluding diaryl/α,β-unsaturated/α-hetero) is 1. The Balaban J connectivity index is 1.88. The van der Waals surface area contributed by atoms with Crippen molar-refractivity contribution in [3.05, 3.63) is 68.6 Å². The van der Waals surface area contributed by atoms with Gasteiger partial charge in [0.15, 0.2) is 17.5 Å².